The largest absolute Gasteiger partial charge is 0.444 e. The van der Waals surface area contributed by atoms with Crippen molar-refractivity contribution in [2.75, 3.05) is 6.54 Å². The fraction of sp³-hybridized carbons (Fsp3) is 0.818. The Bertz CT molecular complexity index is 283. The van der Waals surface area contributed by atoms with Gasteiger partial charge in [0.1, 0.15) is 11.6 Å². The highest BCUT2D eigenvalue weighted by atomic mass is 16.6. The van der Waals surface area contributed by atoms with Crippen LogP contribution in [-0.2, 0) is 9.53 Å². The highest BCUT2D eigenvalue weighted by Gasteiger charge is 2.29. The zero-order chi connectivity index (χ0) is 12.3. The summed E-state index contributed by atoms with van der Waals surface area (Å²) in [5.74, 6) is 0.238. The number of hydrogen-bond acceptors (Lipinski definition) is 3. The maximum atomic E-state index is 11.5. The van der Waals surface area contributed by atoms with E-state index in [1.54, 1.807) is 20.8 Å². The molecule has 0 aromatic heterocycles. The Balaban J connectivity index is 2.46. The van der Waals surface area contributed by atoms with E-state index in [1.165, 1.54) is 0 Å². The molecule has 0 saturated carbocycles. The van der Waals surface area contributed by atoms with Gasteiger partial charge < -0.3 is 15.4 Å². The number of hydrogen-bond donors (Lipinski definition) is 2. The summed E-state index contributed by atoms with van der Waals surface area (Å²) in [4.78, 5) is 22.9. The molecule has 5 nitrogen and oxygen atoms in total. The minimum absolute atomic E-state index is 0.135. The first-order valence-electron chi connectivity index (χ1n) is 5.55. The van der Waals surface area contributed by atoms with Gasteiger partial charge in [-0.15, -0.1) is 0 Å². The number of amides is 2. The summed E-state index contributed by atoms with van der Waals surface area (Å²) in [7, 11) is 0. The Morgan fingerprint density at radius 3 is 2.69 bits per heavy atom. The second-order valence-corrected chi connectivity index (χ2v) is 5.28. The van der Waals surface area contributed by atoms with Gasteiger partial charge in [-0.2, -0.15) is 0 Å². The summed E-state index contributed by atoms with van der Waals surface area (Å²) >= 11 is 0. The van der Waals surface area contributed by atoms with E-state index < -0.39 is 17.7 Å². The summed E-state index contributed by atoms with van der Waals surface area (Å²) in [6, 6.07) is -0.474. The van der Waals surface area contributed by atoms with E-state index in [1.807, 2.05) is 6.92 Å². The summed E-state index contributed by atoms with van der Waals surface area (Å²) in [5.41, 5.74) is -0.541. The Kier molecular flexibility index (Phi) is 3.78. The van der Waals surface area contributed by atoms with E-state index in [0.717, 1.165) is 0 Å². The molecule has 0 radical (unpaired) electrons. The van der Waals surface area contributed by atoms with Gasteiger partial charge in [0, 0.05) is 6.54 Å². The van der Waals surface area contributed by atoms with Crippen molar-refractivity contribution in [3.05, 3.63) is 0 Å². The van der Waals surface area contributed by atoms with E-state index in [2.05, 4.69) is 10.6 Å². The molecule has 0 bridgehead atoms. The molecular formula is C11H20N2O3. The van der Waals surface area contributed by atoms with Crippen LogP contribution in [0.15, 0.2) is 0 Å². The molecule has 2 unspecified atom stereocenters. The molecule has 2 N–H and O–H groups in total. The van der Waals surface area contributed by atoms with Crippen LogP contribution in [0.3, 0.4) is 0 Å². The molecule has 5 heteroatoms. The zero-order valence-electron chi connectivity index (χ0n) is 10.3. The number of carbonyl (C=O) groups is 2. The lowest BCUT2D eigenvalue weighted by atomic mass is 9.97. The Morgan fingerprint density at radius 2 is 2.12 bits per heavy atom. The van der Waals surface area contributed by atoms with Crippen molar-refractivity contribution in [2.45, 2.75) is 45.8 Å². The topological polar surface area (TPSA) is 67.4 Å². The molecule has 92 valence electrons. The molecule has 0 aromatic carbocycles. The fourth-order valence-corrected chi connectivity index (χ4v) is 1.57. The van der Waals surface area contributed by atoms with Crippen LogP contribution in [0, 0.1) is 5.92 Å². The minimum atomic E-state index is -0.541. The van der Waals surface area contributed by atoms with Crippen molar-refractivity contribution in [1.29, 1.82) is 0 Å². The molecule has 2 amide bonds. The van der Waals surface area contributed by atoms with E-state index >= 15 is 0 Å². The molecule has 1 aliphatic rings. The summed E-state index contributed by atoms with van der Waals surface area (Å²) in [6.45, 7) is 8.07. The average molecular weight is 228 g/mol. The third kappa shape index (κ3) is 4.08. The maximum Gasteiger partial charge on any atom is 0.408 e. The van der Waals surface area contributed by atoms with Gasteiger partial charge in [-0.1, -0.05) is 6.92 Å². The lowest BCUT2D eigenvalue weighted by Crippen LogP contribution is -2.53. The highest BCUT2D eigenvalue weighted by molar-refractivity contribution is 5.86. The molecule has 1 saturated heterocycles. The Labute approximate surface area is 95.9 Å². The van der Waals surface area contributed by atoms with Gasteiger partial charge in [-0.25, -0.2) is 4.79 Å². The molecule has 0 aliphatic carbocycles. The van der Waals surface area contributed by atoms with Crippen LogP contribution < -0.4 is 10.6 Å². The number of alkyl carbamates (subject to hydrolysis) is 1. The van der Waals surface area contributed by atoms with Crippen LogP contribution in [-0.4, -0.2) is 30.2 Å². The summed E-state index contributed by atoms with van der Waals surface area (Å²) < 4.78 is 5.09. The molecule has 0 spiro atoms. The lowest BCUT2D eigenvalue weighted by molar-refractivity contribution is -0.125. The average Bonchev–Trinajstić information content (AvgIpc) is 2.08. The van der Waals surface area contributed by atoms with E-state index in [-0.39, 0.29) is 5.91 Å². The smallest absolute Gasteiger partial charge is 0.408 e. The Morgan fingerprint density at radius 1 is 1.50 bits per heavy atom. The molecule has 1 fully saturated rings. The molecule has 16 heavy (non-hydrogen) atoms. The normalized spacial score (nSPS) is 25.9. The van der Waals surface area contributed by atoms with Gasteiger partial charge >= 0.3 is 6.09 Å². The zero-order valence-corrected chi connectivity index (χ0v) is 10.3. The third-order valence-electron chi connectivity index (χ3n) is 2.27. The number of piperidine rings is 1. The SMILES string of the molecule is CC1CNC(=O)C(NC(=O)OC(C)(C)C)C1. The van der Waals surface area contributed by atoms with Crippen LogP contribution in [0.2, 0.25) is 0 Å². The number of carbonyl (C=O) groups excluding carboxylic acids is 2. The number of ether oxygens (including phenoxy) is 1. The van der Waals surface area contributed by atoms with Crippen LogP contribution in [0.25, 0.3) is 0 Å². The molecular weight excluding hydrogens is 208 g/mol. The van der Waals surface area contributed by atoms with Gasteiger partial charge in [-0.05, 0) is 33.1 Å². The van der Waals surface area contributed by atoms with Gasteiger partial charge in [-0.3, -0.25) is 4.79 Å². The molecule has 1 rings (SSSR count). The first kappa shape index (κ1) is 12.8. The minimum Gasteiger partial charge on any atom is -0.444 e. The highest BCUT2D eigenvalue weighted by Crippen LogP contribution is 2.12. The molecule has 1 heterocycles. The van der Waals surface area contributed by atoms with Gasteiger partial charge in [0.15, 0.2) is 0 Å². The van der Waals surface area contributed by atoms with Gasteiger partial charge in [0.05, 0.1) is 0 Å². The lowest BCUT2D eigenvalue weighted by Gasteiger charge is -2.28. The second-order valence-electron chi connectivity index (χ2n) is 5.28. The first-order chi connectivity index (χ1) is 7.28. The van der Waals surface area contributed by atoms with E-state index in [9.17, 15) is 9.59 Å². The van der Waals surface area contributed by atoms with Crippen molar-refractivity contribution in [3.63, 3.8) is 0 Å². The Hall–Kier alpha value is -1.26. The summed E-state index contributed by atoms with van der Waals surface area (Å²) in [6.07, 6.45) is 0.118. The van der Waals surface area contributed by atoms with Crippen molar-refractivity contribution in [2.24, 2.45) is 5.92 Å². The standard InChI is InChI=1S/C11H20N2O3/c1-7-5-8(9(14)12-6-7)13-10(15)16-11(2,3)4/h7-8H,5-6H2,1-4H3,(H,12,14)(H,13,15). The fourth-order valence-electron chi connectivity index (χ4n) is 1.57. The van der Waals surface area contributed by atoms with Crippen molar-refractivity contribution in [1.82, 2.24) is 10.6 Å². The maximum absolute atomic E-state index is 11.5. The van der Waals surface area contributed by atoms with Gasteiger partial charge in [0.2, 0.25) is 5.91 Å². The quantitative estimate of drug-likeness (QED) is 0.704. The van der Waals surface area contributed by atoms with Crippen LogP contribution in [0.1, 0.15) is 34.1 Å². The van der Waals surface area contributed by atoms with Crippen LogP contribution >= 0.6 is 0 Å². The number of rotatable bonds is 1. The molecule has 1 aliphatic heterocycles. The van der Waals surface area contributed by atoms with E-state index in [4.69, 9.17) is 4.74 Å². The van der Waals surface area contributed by atoms with E-state index in [0.29, 0.717) is 18.9 Å². The van der Waals surface area contributed by atoms with Crippen molar-refractivity contribution in [3.8, 4) is 0 Å². The second kappa shape index (κ2) is 4.72. The first-order valence-corrected chi connectivity index (χ1v) is 5.55. The van der Waals surface area contributed by atoms with Crippen molar-refractivity contribution >= 4 is 12.0 Å². The van der Waals surface area contributed by atoms with Crippen LogP contribution in [0.5, 0.6) is 0 Å². The van der Waals surface area contributed by atoms with Crippen LogP contribution in [0.4, 0.5) is 4.79 Å². The predicted octanol–water partition coefficient (Wildman–Crippen LogP) is 1.04. The monoisotopic (exact) mass is 228 g/mol. The molecule has 0 aromatic rings. The van der Waals surface area contributed by atoms with Crippen molar-refractivity contribution < 1.29 is 14.3 Å². The number of nitrogens with one attached hydrogen (secondary N) is 2. The third-order valence-corrected chi connectivity index (χ3v) is 2.27. The molecule has 2 atom stereocenters. The van der Waals surface area contributed by atoms with Gasteiger partial charge in [0.25, 0.3) is 0 Å². The predicted molar refractivity (Wildman–Crippen MR) is 59.9 cm³/mol. The summed E-state index contributed by atoms with van der Waals surface area (Å²) in [5, 5.41) is 5.32.